The number of anilines is 1. The third-order valence-electron chi connectivity index (χ3n) is 5.19. The summed E-state index contributed by atoms with van der Waals surface area (Å²) in [6, 6.07) is 7.97. The van der Waals surface area contributed by atoms with E-state index in [1.54, 1.807) is 0 Å². The van der Waals surface area contributed by atoms with Gasteiger partial charge in [-0.2, -0.15) is 5.10 Å². The molecule has 0 atom stereocenters. The van der Waals surface area contributed by atoms with Crippen LogP contribution in [0.15, 0.2) is 42.7 Å². The van der Waals surface area contributed by atoms with Crippen molar-refractivity contribution in [3.63, 3.8) is 0 Å². The lowest BCUT2D eigenvalue weighted by Crippen LogP contribution is -2.00. The lowest BCUT2D eigenvalue weighted by molar-refractivity contribution is 0.591. The van der Waals surface area contributed by atoms with Crippen LogP contribution in [0.1, 0.15) is 12.5 Å². The van der Waals surface area contributed by atoms with Gasteiger partial charge in [-0.1, -0.05) is 6.07 Å². The number of rotatable bonds is 4. The van der Waals surface area contributed by atoms with E-state index in [9.17, 15) is 8.78 Å². The Kier molecular flexibility index (Phi) is 4.20. The van der Waals surface area contributed by atoms with Gasteiger partial charge in [0.15, 0.2) is 11.6 Å². The highest BCUT2D eigenvalue weighted by Crippen LogP contribution is 2.33. The van der Waals surface area contributed by atoms with Crippen LogP contribution in [-0.2, 0) is 0 Å². The highest BCUT2D eigenvalue weighted by atomic mass is 19.1. The number of imidazole rings is 1. The van der Waals surface area contributed by atoms with Crippen LogP contribution in [0.25, 0.3) is 44.6 Å². The maximum atomic E-state index is 14.1. The summed E-state index contributed by atoms with van der Waals surface area (Å²) in [6.45, 7) is 4.89. The molecule has 0 radical (unpaired) electrons. The van der Waals surface area contributed by atoms with E-state index in [1.807, 2.05) is 44.4 Å². The Morgan fingerprint density at radius 1 is 1.07 bits per heavy atom. The number of aromatic amines is 2. The second-order valence-corrected chi connectivity index (χ2v) is 7.09. The predicted molar refractivity (Wildman–Crippen MR) is 113 cm³/mol. The van der Waals surface area contributed by atoms with Gasteiger partial charge in [0.2, 0.25) is 0 Å². The summed E-state index contributed by atoms with van der Waals surface area (Å²) < 4.78 is 27.6. The average Bonchev–Trinajstić information content (AvgIpc) is 3.33. The SMILES string of the molecule is CCNc1cncc(-c2ccc3[nH]nc(-c4nc5c(F)cc(F)cc5[nH]4)c3c2)c1C. The zero-order chi connectivity index (χ0) is 20.8. The average molecular weight is 404 g/mol. The van der Waals surface area contributed by atoms with Gasteiger partial charge in [0, 0.05) is 29.8 Å². The van der Waals surface area contributed by atoms with Gasteiger partial charge in [0.25, 0.3) is 0 Å². The molecule has 2 aromatic carbocycles. The molecule has 6 nitrogen and oxygen atoms in total. The summed E-state index contributed by atoms with van der Waals surface area (Å²) in [4.78, 5) is 11.6. The highest BCUT2D eigenvalue weighted by molar-refractivity contribution is 5.96. The van der Waals surface area contributed by atoms with Crippen LogP contribution in [0.4, 0.5) is 14.5 Å². The Balaban J connectivity index is 1.66. The molecular weight excluding hydrogens is 386 g/mol. The van der Waals surface area contributed by atoms with Crippen molar-refractivity contribution < 1.29 is 8.78 Å². The van der Waals surface area contributed by atoms with Crippen molar-refractivity contribution in [2.45, 2.75) is 13.8 Å². The van der Waals surface area contributed by atoms with Crippen LogP contribution in [-0.4, -0.2) is 31.7 Å². The van der Waals surface area contributed by atoms with E-state index in [2.05, 4.69) is 30.5 Å². The number of fused-ring (bicyclic) bond motifs is 2. The maximum absolute atomic E-state index is 14.1. The van der Waals surface area contributed by atoms with Crippen LogP contribution in [0, 0.1) is 18.6 Å². The molecular formula is C22H18F2N6. The summed E-state index contributed by atoms with van der Waals surface area (Å²) in [5, 5.41) is 11.5. The van der Waals surface area contributed by atoms with Crippen molar-refractivity contribution in [3.05, 3.63) is 59.9 Å². The molecule has 0 unspecified atom stereocenters. The third-order valence-corrected chi connectivity index (χ3v) is 5.19. The molecule has 0 amide bonds. The van der Waals surface area contributed by atoms with Gasteiger partial charge < -0.3 is 10.3 Å². The number of pyridine rings is 1. The number of nitrogens with one attached hydrogen (secondary N) is 3. The molecule has 5 aromatic rings. The molecule has 0 saturated heterocycles. The standard InChI is InChI=1S/C22H18F2N6/c1-3-26-19-10-25-9-15(11(19)2)12-4-5-17-14(6-12)20(30-29-17)22-27-18-8-13(23)7-16(24)21(18)28-22/h4-10,26H,3H2,1-2H3,(H,27,28)(H,29,30). The first-order valence-corrected chi connectivity index (χ1v) is 9.57. The minimum absolute atomic E-state index is 0.0806. The molecule has 0 bridgehead atoms. The number of benzene rings is 2. The van der Waals surface area contributed by atoms with Crippen molar-refractivity contribution in [1.82, 2.24) is 25.1 Å². The fourth-order valence-electron chi connectivity index (χ4n) is 3.70. The lowest BCUT2D eigenvalue weighted by Gasteiger charge is -2.12. The van der Waals surface area contributed by atoms with Crippen LogP contribution >= 0.6 is 0 Å². The van der Waals surface area contributed by atoms with Crippen LogP contribution in [0.5, 0.6) is 0 Å². The topological polar surface area (TPSA) is 82.3 Å². The minimum Gasteiger partial charge on any atom is -0.384 e. The summed E-state index contributed by atoms with van der Waals surface area (Å²) in [6.07, 6.45) is 3.64. The fourth-order valence-corrected chi connectivity index (χ4v) is 3.70. The van der Waals surface area contributed by atoms with Crippen LogP contribution in [0.2, 0.25) is 0 Å². The molecule has 0 aliphatic carbocycles. The number of aromatic nitrogens is 5. The zero-order valence-corrected chi connectivity index (χ0v) is 16.3. The molecule has 5 rings (SSSR count). The monoisotopic (exact) mass is 404 g/mol. The molecule has 3 heterocycles. The van der Waals surface area contributed by atoms with Crippen LogP contribution < -0.4 is 5.32 Å². The Morgan fingerprint density at radius 2 is 1.93 bits per heavy atom. The molecule has 0 spiro atoms. The zero-order valence-electron chi connectivity index (χ0n) is 16.3. The number of H-pyrrole nitrogens is 2. The van der Waals surface area contributed by atoms with Crippen molar-refractivity contribution in [3.8, 4) is 22.6 Å². The molecule has 3 aromatic heterocycles. The Labute approximate surface area is 170 Å². The Morgan fingerprint density at radius 3 is 2.77 bits per heavy atom. The lowest BCUT2D eigenvalue weighted by atomic mass is 10.00. The van der Waals surface area contributed by atoms with E-state index in [1.165, 1.54) is 6.07 Å². The van der Waals surface area contributed by atoms with Crippen LogP contribution in [0.3, 0.4) is 0 Å². The second-order valence-electron chi connectivity index (χ2n) is 7.09. The van der Waals surface area contributed by atoms with E-state index in [0.717, 1.165) is 45.9 Å². The molecule has 3 N–H and O–H groups in total. The van der Waals surface area contributed by atoms with Crippen molar-refractivity contribution >= 4 is 27.6 Å². The molecule has 0 aliphatic rings. The van der Waals surface area contributed by atoms with Gasteiger partial charge >= 0.3 is 0 Å². The Bertz CT molecular complexity index is 1400. The van der Waals surface area contributed by atoms with Gasteiger partial charge in [0.1, 0.15) is 17.0 Å². The summed E-state index contributed by atoms with van der Waals surface area (Å²) >= 11 is 0. The molecule has 30 heavy (non-hydrogen) atoms. The van der Waals surface area contributed by atoms with Gasteiger partial charge in [-0.15, -0.1) is 0 Å². The molecule has 0 aliphatic heterocycles. The maximum Gasteiger partial charge on any atom is 0.159 e. The van der Waals surface area contributed by atoms with Gasteiger partial charge in [-0.05, 0) is 43.2 Å². The van der Waals surface area contributed by atoms with E-state index in [-0.39, 0.29) is 11.0 Å². The minimum atomic E-state index is -0.713. The molecule has 150 valence electrons. The van der Waals surface area contributed by atoms with E-state index >= 15 is 0 Å². The Hall–Kier alpha value is -3.81. The molecule has 8 heteroatoms. The smallest absolute Gasteiger partial charge is 0.159 e. The quantitative estimate of drug-likeness (QED) is 0.385. The second kappa shape index (κ2) is 6.91. The first-order chi connectivity index (χ1) is 14.5. The highest BCUT2D eigenvalue weighted by Gasteiger charge is 2.17. The van der Waals surface area contributed by atoms with E-state index in [0.29, 0.717) is 11.5 Å². The molecule has 0 fully saturated rings. The summed E-state index contributed by atoms with van der Waals surface area (Å²) in [5.41, 5.74) is 5.77. The van der Waals surface area contributed by atoms with Gasteiger partial charge in [-0.3, -0.25) is 10.1 Å². The predicted octanol–water partition coefficient (Wildman–Crippen LogP) is 5.19. The fraction of sp³-hybridized carbons (Fsp3) is 0.136. The molecule has 0 saturated carbocycles. The van der Waals surface area contributed by atoms with Crippen molar-refractivity contribution in [2.75, 3.05) is 11.9 Å². The number of hydrogen-bond acceptors (Lipinski definition) is 4. The summed E-state index contributed by atoms with van der Waals surface area (Å²) in [7, 11) is 0. The van der Waals surface area contributed by atoms with Crippen molar-refractivity contribution in [2.24, 2.45) is 0 Å². The summed E-state index contributed by atoms with van der Waals surface area (Å²) in [5.74, 6) is -1.00. The van der Waals surface area contributed by atoms with Crippen molar-refractivity contribution in [1.29, 1.82) is 0 Å². The van der Waals surface area contributed by atoms with E-state index < -0.39 is 11.6 Å². The largest absolute Gasteiger partial charge is 0.384 e. The van der Waals surface area contributed by atoms with E-state index in [4.69, 9.17) is 0 Å². The normalized spacial score (nSPS) is 11.5. The third kappa shape index (κ3) is 2.88. The van der Waals surface area contributed by atoms with Gasteiger partial charge in [-0.25, -0.2) is 13.8 Å². The first-order valence-electron chi connectivity index (χ1n) is 9.57. The van der Waals surface area contributed by atoms with Gasteiger partial charge in [0.05, 0.1) is 22.9 Å². The number of nitrogens with zero attached hydrogens (tertiary/aromatic N) is 3. The number of hydrogen-bond donors (Lipinski definition) is 3. The number of halogens is 2. The first kappa shape index (κ1) is 18.2.